The molecule has 10 nitrogen and oxygen atoms in total. The molecule has 14 heteroatoms. The predicted molar refractivity (Wildman–Crippen MR) is 141 cm³/mol. The van der Waals surface area contributed by atoms with Gasteiger partial charge in [-0.1, -0.05) is 0 Å². The SMILES string of the molecule is CC(=O)NC[C@H]1CN(c2ccc(Br)c(F)c2)C(=O)O1.CC(=O)NC[C@H]1CN(c2ccc(Br)c(F)c2)C(=O)O1. The fourth-order valence-electron chi connectivity index (χ4n) is 3.50. The van der Waals surface area contributed by atoms with Gasteiger partial charge in [0.25, 0.3) is 0 Å². The average Bonchev–Trinajstić information content (AvgIpc) is 3.42. The van der Waals surface area contributed by atoms with Crippen LogP contribution in [0.4, 0.5) is 29.7 Å². The molecule has 2 fully saturated rings. The summed E-state index contributed by atoms with van der Waals surface area (Å²) in [6.45, 7) is 3.82. The summed E-state index contributed by atoms with van der Waals surface area (Å²) in [4.78, 5) is 47.6. The first-order valence-corrected chi connectivity index (χ1v) is 12.9. The number of nitrogens with zero attached hydrogens (tertiary/aromatic N) is 2. The molecule has 4 rings (SSSR count). The number of cyclic esters (lactones) is 2. The van der Waals surface area contributed by atoms with Crippen molar-refractivity contribution < 1.29 is 37.4 Å². The van der Waals surface area contributed by atoms with Crippen molar-refractivity contribution in [3.8, 4) is 0 Å². The number of rotatable bonds is 6. The smallest absolute Gasteiger partial charge is 0.414 e. The van der Waals surface area contributed by atoms with Gasteiger partial charge in [-0.05, 0) is 68.3 Å². The van der Waals surface area contributed by atoms with E-state index >= 15 is 0 Å². The number of hydrogen-bond donors (Lipinski definition) is 2. The quantitative estimate of drug-likeness (QED) is 0.482. The Bertz CT molecular complexity index is 1140. The number of carbonyl (C=O) groups excluding carboxylic acids is 4. The molecular formula is C24H24Br2F2N4O6. The van der Waals surface area contributed by atoms with Crippen LogP contribution in [0.5, 0.6) is 0 Å². The van der Waals surface area contributed by atoms with E-state index in [1.54, 1.807) is 12.1 Å². The van der Waals surface area contributed by atoms with Crippen molar-refractivity contribution in [3.05, 3.63) is 57.0 Å². The van der Waals surface area contributed by atoms with E-state index in [0.717, 1.165) is 0 Å². The van der Waals surface area contributed by atoms with Crippen LogP contribution in [0.25, 0.3) is 0 Å². The van der Waals surface area contributed by atoms with Crippen LogP contribution in [0.15, 0.2) is 45.3 Å². The van der Waals surface area contributed by atoms with Crippen LogP contribution < -0.4 is 20.4 Å². The normalized spacial score (nSPS) is 18.4. The second-order valence-electron chi connectivity index (χ2n) is 8.30. The summed E-state index contributed by atoms with van der Waals surface area (Å²) >= 11 is 6.10. The Labute approximate surface area is 233 Å². The van der Waals surface area contributed by atoms with Crippen LogP contribution in [0, 0.1) is 11.6 Å². The Morgan fingerprint density at radius 1 is 0.816 bits per heavy atom. The fraction of sp³-hybridized carbons (Fsp3) is 0.333. The molecule has 0 saturated carbocycles. The van der Waals surface area contributed by atoms with Gasteiger partial charge in [0.05, 0.1) is 46.5 Å². The third-order valence-corrected chi connectivity index (χ3v) is 6.62. The van der Waals surface area contributed by atoms with Gasteiger partial charge in [-0.15, -0.1) is 0 Å². The summed E-state index contributed by atoms with van der Waals surface area (Å²) in [6, 6.07) is 8.81. The Morgan fingerprint density at radius 3 is 1.50 bits per heavy atom. The lowest BCUT2D eigenvalue weighted by Gasteiger charge is -2.13. The molecule has 2 aliphatic rings. The van der Waals surface area contributed by atoms with E-state index in [-0.39, 0.29) is 38.0 Å². The molecule has 4 amide bonds. The van der Waals surface area contributed by atoms with E-state index in [2.05, 4.69) is 42.5 Å². The molecule has 204 valence electrons. The molecule has 2 aliphatic heterocycles. The van der Waals surface area contributed by atoms with Crippen LogP contribution in [0.2, 0.25) is 0 Å². The predicted octanol–water partition coefficient (Wildman–Crippen LogP) is 4.10. The molecule has 2 atom stereocenters. The maximum atomic E-state index is 13.4. The molecule has 38 heavy (non-hydrogen) atoms. The average molecular weight is 662 g/mol. The van der Waals surface area contributed by atoms with Gasteiger partial charge in [-0.25, -0.2) is 18.4 Å². The van der Waals surface area contributed by atoms with Crippen molar-refractivity contribution in [1.82, 2.24) is 10.6 Å². The number of amides is 4. The number of benzene rings is 2. The van der Waals surface area contributed by atoms with E-state index in [4.69, 9.17) is 9.47 Å². The van der Waals surface area contributed by atoms with Crippen LogP contribution in [0.3, 0.4) is 0 Å². The molecule has 0 spiro atoms. The second-order valence-corrected chi connectivity index (χ2v) is 10.0. The molecule has 2 N–H and O–H groups in total. The first kappa shape index (κ1) is 29.3. The molecule has 0 radical (unpaired) electrons. The van der Waals surface area contributed by atoms with Crippen LogP contribution >= 0.6 is 31.9 Å². The molecule has 0 aromatic heterocycles. The Balaban J connectivity index is 0.000000211. The van der Waals surface area contributed by atoms with Gasteiger partial charge in [-0.2, -0.15) is 0 Å². The third kappa shape index (κ3) is 7.87. The number of ether oxygens (including phenoxy) is 2. The van der Waals surface area contributed by atoms with Gasteiger partial charge in [0, 0.05) is 13.8 Å². The molecule has 0 aliphatic carbocycles. The van der Waals surface area contributed by atoms with E-state index in [0.29, 0.717) is 20.3 Å². The minimum atomic E-state index is -0.544. The lowest BCUT2D eigenvalue weighted by molar-refractivity contribution is -0.120. The van der Waals surface area contributed by atoms with Gasteiger partial charge >= 0.3 is 12.2 Å². The zero-order valence-electron chi connectivity index (χ0n) is 20.3. The lowest BCUT2D eigenvalue weighted by atomic mass is 10.2. The highest BCUT2D eigenvalue weighted by Gasteiger charge is 2.33. The standard InChI is InChI=1S/2C12H12BrFN2O3/c2*1-7(17)15-5-9-6-16(12(18)19-9)8-2-3-10(13)11(14)4-8/h2*2-4,9H,5-6H2,1H3,(H,15,17)/t2*9-/m00/s1. The zero-order valence-corrected chi connectivity index (χ0v) is 23.5. The Morgan fingerprint density at radius 2 is 1.18 bits per heavy atom. The number of nitrogens with one attached hydrogen (secondary N) is 2. The highest BCUT2D eigenvalue weighted by Crippen LogP contribution is 2.27. The molecular weight excluding hydrogens is 638 g/mol. The topological polar surface area (TPSA) is 117 Å². The summed E-state index contributed by atoms with van der Waals surface area (Å²) in [5.41, 5.74) is 0.854. The summed E-state index contributed by atoms with van der Waals surface area (Å²) in [7, 11) is 0. The zero-order chi connectivity index (χ0) is 28.0. The highest BCUT2D eigenvalue weighted by atomic mass is 79.9. The molecule has 0 unspecified atom stereocenters. The van der Waals surface area contributed by atoms with Gasteiger partial charge in [0.15, 0.2) is 0 Å². The summed E-state index contributed by atoms with van der Waals surface area (Å²) in [5, 5.41) is 5.15. The first-order valence-electron chi connectivity index (χ1n) is 11.3. The molecule has 2 aromatic carbocycles. The number of halogens is 4. The van der Waals surface area contributed by atoms with E-state index in [1.165, 1.54) is 47.9 Å². The van der Waals surface area contributed by atoms with E-state index in [9.17, 15) is 28.0 Å². The van der Waals surface area contributed by atoms with Gasteiger partial charge < -0.3 is 20.1 Å². The molecule has 2 aromatic rings. The molecule has 0 bridgehead atoms. The Hall–Kier alpha value is -3.26. The van der Waals surface area contributed by atoms with Crippen molar-refractivity contribution >= 4 is 67.2 Å². The largest absolute Gasteiger partial charge is 0.442 e. The first-order chi connectivity index (χ1) is 17.9. The minimum Gasteiger partial charge on any atom is -0.442 e. The monoisotopic (exact) mass is 660 g/mol. The second kappa shape index (κ2) is 13.0. The van der Waals surface area contributed by atoms with E-state index < -0.39 is 36.0 Å². The molecule has 2 heterocycles. The summed E-state index contributed by atoms with van der Waals surface area (Å²) < 4.78 is 37.7. The van der Waals surface area contributed by atoms with Crippen LogP contribution in [-0.4, -0.2) is 62.4 Å². The van der Waals surface area contributed by atoms with Crippen molar-refractivity contribution in [3.63, 3.8) is 0 Å². The van der Waals surface area contributed by atoms with Crippen LogP contribution in [0.1, 0.15) is 13.8 Å². The maximum absolute atomic E-state index is 13.4. The fourth-order valence-corrected chi connectivity index (χ4v) is 3.99. The van der Waals surface area contributed by atoms with Crippen molar-refractivity contribution in [2.45, 2.75) is 26.1 Å². The van der Waals surface area contributed by atoms with E-state index in [1.807, 2.05) is 0 Å². The van der Waals surface area contributed by atoms with Crippen LogP contribution in [-0.2, 0) is 19.1 Å². The van der Waals surface area contributed by atoms with Gasteiger partial charge in [-0.3, -0.25) is 19.4 Å². The molecule has 2 saturated heterocycles. The van der Waals surface area contributed by atoms with Crippen molar-refractivity contribution in [1.29, 1.82) is 0 Å². The maximum Gasteiger partial charge on any atom is 0.414 e. The Kier molecular flexibility index (Phi) is 10.0. The summed E-state index contributed by atoms with van der Waals surface area (Å²) in [5.74, 6) is -1.28. The number of anilines is 2. The van der Waals surface area contributed by atoms with Crippen molar-refractivity contribution in [2.24, 2.45) is 0 Å². The minimum absolute atomic E-state index is 0.191. The lowest BCUT2D eigenvalue weighted by Crippen LogP contribution is -2.33. The van der Waals surface area contributed by atoms with Crippen molar-refractivity contribution in [2.75, 3.05) is 36.0 Å². The number of hydrogen-bond acceptors (Lipinski definition) is 6. The van der Waals surface area contributed by atoms with Gasteiger partial charge in [0.2, 0.25) is 11.8 Å². The third-order valence-electron chi connectivity index (χ3n) is 5.34. The number of carbonyl (C=O) groups is 4. The highest BCUT2D eigenvalue weighted by molar-refractivity contribution is 9.10. The van der Waals surface area contributed by atoms with Gasteiger partial charge in [0.1, 0.15) is 23.8 Å². The summed E-state index contributed by atoms with van der Waals surface area (Å²) in [6.07, 6.45) is -1.94.